The topological polar surface area (TPSA) is 104 Å². The van der Waals surface area contributed by atoms with E-state index >= 15 is 0 Å². The average Bonchev–Trinajstić information content (AvgIpc) is 1.59. The lowest BCUT2D eigenvalue weighted by Crippen LogP contribution is -1.96. The number of furan rings is 2. The molecular formula is C126H74N6O2S3. The van der Waals surface area contributed by atoms with E-state index in [4.69, 9.17) is 38.7 Å². The Morgan fingerprint density at radius 1 is 0.161 bits per heavy atom. The number of para-hydroxylation sites is 1. The summed E-state index contributed by atoms with van der Waals surface area (Å²) in [5.41, 5.74) is 24.7. The van der Waals surface area contributed by atoms with Crippen LogP contribution in [0.3, 0.4) is 0 Å². The summed E-state index contributed by atoms with van der Waals surface area (Å²) in [7, 11) is 0. The minimum Gasteiger partial charge on any atom is -0.456 e. The molecule has 0 spiro atoms. The molecule has 0 fully saturated rings. The molecule has 0 aliphatic rings. The van der Waals surface area contributed by atoms with Crippen LogP contribution in [0.1, 0.15) is 0 Å². The van der Waals surface area contributed by atoms with Crippen molar-refractivity contribution in [2.75, 3.05) is 0 Å². The van der Waals surface area contributed by atoms with Crippen LogP contribution in [0.5, 0.6) is 0 Å². The number of rotatable bonds is 10. The lowest BCUT2D eigenvalue weighted by atomic mass is 9.98. The van der Waals surface area contributed by atoms with Crippen molar-refractivity contribution in [1.29, 1.82) is 0 Å². The fourth-order valence-corrected chi connectivity index (χ4v) is 23.7. The highest BCUT2D eigenvalue weighted by Gasteiger charge is 2.25. The highest BCUT2D eigenvalue weighted by molar-refractivity contribution is 7.27. The van der Waals surface area contributed by atoms with Crippen LogP contribution in [0.2, 0.25) is 0 Å². The fraction of sp³-hybridized carbons (Fsp3) is 0. The molecule has 8 aromatic heterocycles. The van der Waals surface area contributed by atoms with Crippen LogP contribution in [0.15, 0.2) is 458 Å². The van der Waals surface area contributed by atoms with Crippen LogP contribution in [-0.4, -0.2) is 29.9 Å². The Kier molecular flexibility index (Phi) is 19.0. The van der Waals surface area contributed by atoms with Gasteiger partial charge in [-0.25, -0.2) is 29.9 Å². The van der Waals surface area contributed by atoms with Crippen LogP contribution >= 0.6 is 34.0 Å². The van der Waals surface area contributed by atoms with E-state index in [1.807, 2.05) is 58.3 Å². The minimum atomic E-state index is 0.694. The molecule has 8 nitrogen and oxygen atoms in total. The van der Waals surface area contributed by atoms with Gasteiger partial charge in [-0.05, 0) is 162 Å². The van der Waals surface area contributed by atoms with E-state index in [0.29, 0.717) is 5.82 Å². The molecule has 0 atom stereocenters. The summed E-state index contributed by atoms with van der Waals surface area (Å²) < 4.78 is 20.3. The summed E-state index contributed by atoms with van der Waals surface area (Å²) >= 11 is 5.54. The van der Waals surface area contributed by atoms with E-state index < -0.39 is 0 Å². The normalized spacial score (nSPS) is 11.8. The monoisotopic (exact) mass is 1800 g/mol. The molecule has 0 amide bonds. The van der Waals surface area contributed by atoms with Gasteiger partial charge in [-0.2, -0.15) is 0 Å². The molecule has 0 unspecified atom stereocenters. The Hall–Kier alpha value is -17.3. The second-order valence-electron chi connectivity index (χ2n) is 34.9. The van der Waals surface area contributed by atoms with Crippen LogP contribution in [0.4, 0.5) is 0 Å². The maximum atomic E-state index is 6.52. The third kappa shape index (κ3) is 13.8. The van der Waals surface area contributed by atoms with Gasteiger partial charge >= 0.3 is 0 Å². The molecule has 29 aromatic rings. The zero-order valence-electron chi connectivity index (χ0n) is 73.4. The third-order valence-corrected chi connectivity index (χ3v) is 30.4. The van der Waals surface area contributed by atoms with E-state index in [2.05, 4.69) is 425 Å². The van der Waals surface area contributed by atoms with Crippen molar-refractivity contribution < 1.29 is 8.83 Å². The zero-order chi connectivity index (χ0) is 90.1. The van der Waals surface area contributed by atoms with Crippen LogP contribution < -0.4 is 0 Å². The molecule has 638 valence electrons. The van der Waals surface area contributed by atoms with Gasteiger partial charge in [0.1, 0.15) is 22.3 Å². The van der Waals surface area contributed by atoms with Gasteiger partial charge in [0.15, 0.2) is 17.5 Å². The van der Waals surface area contributed by atoms with Crippen molar-refractivity contribution in [1.82, 2.24) is 29.9 Å². The van der Waals surface area contributed by atoms with Gasteiger partial charge in [0.25, 0.3) is 0 Å². The standard InChI is InChI=1S/2C42H24N2OS.C42H26N2S/c1-2-10-26(11-3-1)39-33-20-22-37-38(32-19-17-25-9-4-5-14-30(25)41(32)46-37)40(33)44-42(43-39)29-13-8-12-27(23-29)28-18-21-36-34(24-28)31-15-6-7-16-35(31)45-36;1-2-9-27(10-3-1)39-33-21-22-35-38(32-20-18-26-8-4-5-11-30(26)41(32)45-35)40(33)44-42(43-39)28-16-14-25(15-17-28)29-19-23-37-34(24-29)31-12-6-7-13-36(31)46-37;1-3-10-27(11-4-1)28-18-20-29(21-19-28)32-15-9-16-33(26-32)42-43-39(31-13-5-2-6-14-31)36-24-25-37-38(40(36)44-42)35-23-22-30-12-7-8-17-34(30)41(35)45-37/h2*1-24H;1-26H. The zero-order valence-corrected chi connectivity index (χ0v) is 75.9. The molecule has 0 N–H and O–H groups in total. The molecule has 137 heavy (non-hydrogen) atoms. The molecule has 21 aromatic carbocycles. The number of nitrogens with zero attached hydrogens (tertiary/aromatic N) is 6. The minimum absolute atomic E-state index is 0.694. The summed E-state index contributed by atoms with van der Waals surface area (Å²) in [6.07, 6.45) is 0. The van der Waals surface area contributed by atoms with Crippen molar-refractivity contribution in [2.24, 2.45) is 0 Å². The fourth-order valence-electron chi connectivity index (χ4n) is 20.2. The predicted molar refractivity (Wildman–Crippen MR) is 579 cm³/mol. The molecule has 0 aliphatic carbocycles. The van der Waals surface area contributed by atoms with Gasteiger partial charge in [0.2, 0.25) is 0 Å². The van der Waals surface area contributed by atoms with Crippen molar-refractivity contribution >= 4 is 203 Å². The summed E-state index contributed by atoms with van der Waals surface area (Å²) in [4.78, 5) is 31.7. The van der Waals surface area contributed by atoms with E-state index in [1.54, 1.807) is 0 Å². The lowest BCUT2D eigenvalue weighted by Gasteiger charge is -2.12. The first-order chi connectivity index (χ1) is 67.9. The Labute approximate surface area is 797 Å². The molecule has 29 rings (SSSR count). The first-order valence-electron chi connectivity index (χ1n) is 46.0. The Bertz CT molecular complexity index is 9930. The van der Waals surface area contributed by atoms with Gasteiger partial charge in [0, 0.05) is 132 Å². The Morgan fingerprint density at radius 2 is 0.504 bits per heavy atom. The average molecular weight is 1800 g/mol. The van der Waals surface area contributed by atoms with Crippen LogP contribution in [0.25, 0.3) is 282 Å². The largest absolute Gasteiger partial charge is 0.456 e. The number of fused-ring (bicyclic) bond motifs is 27. The number of hydrogen-bond acceptors (Lipinski definition) is 11. The molecule has 11 heteroatoms. The number of benzene rings is 21. The van der Waals surface area contributed by atoms with Crippen molar-refractivity contribution in [3.8, 4) is 112 Å². The highest BCUT2D eigenvalue weighted by atomic mass is 32.1. The van der Waals surface area contributed by atoms with Gasteiger partial charge < -0.3 is 8.83 Å². The first-order valence-corrected chi connectivity index (χ1v) is 48.4. The van der Waals surface area contributed by atoms with E-state index in [-0.39, 0.29) is 0 Å². The van der Waals surface area contributed by atoms with Crippen LogP contribution in [-0.2, 0) is 0 Å². The summed E-state index contributed by atoms with van der Waals surface area (Å²) in [6.45, 7) is 0. The van der Waals surface area contributed by atoms with Gasteiger partial charge in [0.05, 0.1) is 39.0 Å². The molecule has 0 saturated heterocycles. The first kappa shape index (κ1) is 79.4. The Balaban J connectivity index is 0.000000104. The maximum Gasteiger partial charge on any atom is 0.160 e. The Morgan fingerprint density at radius 3 is 1.06 bits per heavy atom. The summed E-state index contributed by atoms with van der Waals surface area (Å²) in [6, 6.07) is 158. The SMILES string of the molecule is c1ccc(-c2ccc(-c3cccc(-c4nc(-c5ccccc5)c5ccc6sc7c8ccccc8ccc7c6c5n4)c3)cc2)cc1.c1ccc(-c2nc(-c3ccc(-c4ccc5sc6ccccc6c5c4)cc3)nc3c2ccc2oc4c5ccccc5ccc4c23)cc1.c1ccc(-c2nc(-c3cccc(-c4ccc5oc6ccccc6c5c4)c3)nc3c2ccc2sc4c5ccccc5ccc4c23)cc1. The van der Waals surface area contributed by atoms with Crippen molar-refractivity contribution in [2.45, 2.75) is 0 Å². The highest BCUT2D eigenvalue weighted by Crippen LogP contribution is 2.49. The van der Waals surface area contributed by atoms with Crippen molar-refractivity contribution in [3.63, 3.8) is 0 Å². The van der Waals surface area contributed by atoms with Gasteiger partial charge in [-0.15, -0.1) is 34.0 Å². The molecule has 8 heterocycles. The van der Waals surface area contributed by atoms with Crippen molar-refractivity contribution in [3.05, 3.63) is 449 Å². The number of aromatic nitrogens is 6. The maximum absolute atomic E-state index is 6.52. The summed E-state index contributed by atoms with van der Waals surface area (Å²) in [5, 5.41) is 22.3. The molecule has 0 bridgehead atoms. The summed E-state index contributed by atoms with van der Waals surface area (Å²) in [5.74, 6) is 2.15. The van der Waals surface area contributed by atoms with E-state index in [0.717, 1.165) is 166 Å². The van der Waals surface area contributed by atoms with E-state index in [1.165, 1.54) is 110 Å². The smallest absolute Gasteiger partial charge is 0.160 e. The lowest BCUT2D eigenvalue weighted by molar-refractivity contribution is 0.669. The second kappa shape index (κ2) is 32.8. The number of hydrogen-bond donors (Lipinski definition) is 0. The third-order valence-electron chi connectivity index (χ3n) is 26.8. The van der Waals surface area contributed by atoms with E-state index in [9.17, 15) is 0 Å². The molecule has 0 saturated carbocycles. The molecular weight excluding hydrogens is 1730 g/mol. The molecule has 0 aliphatic heterocycles. The number of thiophene rings is 3. The quantitative estimate of drug-likeness (QED) is 0.133. The van der Waals surface area contributed by atoms with Crippen LogP contribution in [0, 0.1) is 0 Å². The van der Waals surface area contributed by atoms with Gasteiger partial charge in [-0.1, -0.05) is 358 Å². The van der Waals surface area contributed by atoms with Gasteiger partial charge in [-0.3, -0.25) is 0 Å². The predicted octanol–water partition coefficient (Wildman–Crippen LogP) is 35.9. The second-order valence-corrected chi connectivity index (χ2v) is 38.1. The molecule has 0 radical (unpaired) electrons.